The van der Waals surface area contributed by atoms with Gasteiger partial charge < -0.3 is 15.0 Å². The minimum atomic E-state index is -4.42. The van der Waals surface area contributed by atoms with E-state index in [1.54, 1.807) is 36.5 Å². The maximum Gasteiger partial charge on any atom is 0.416 e. The van der Waals surface area contributed by atoms with Crippen molar-refractivity contribution < 1.29 is 17.9 Å². The van der Waals surface area contributed by atoms with E-state index in [4.69, 9.17) is 4.74 Å². The van der Waals surface area contributed by atoms with Crippen LogP contribution in [-0.2, 0) is 6.18 Å². The molecule has 1 saturated heterocycles. The molecule has 2 aromatic heterocycles. The summed E-state index contributed by atoms with van der Waals surface area (Å²) in [6.45, 7) is 1.89. The zero-order valence-corrected chi connectivity index (χ0v) is 17.9. The number of alkyl halides is 3. The first-order valence-corrected chi connectivity index (χ1v) is 10.7. The van der Waals surface area contributed by atoms with Crippen molar-refractivity contribution in [3.05, 3.63) is 66.4 Å². The molecule has 5 rings (SSSR count). The minimum Gasteiger partial charge on any atom is -0.439 e. The van der Waals surface area contributed by atoms with Crippen LogP contribution < -0.4 is 15.0 Å². The van der Waals surface area contributed by atoms with Crippen LogP contribution >= 0.6 is 0 Å². The fraction of sp³-hybridized carbons (Fsp3) is 0.217. The Balaban J connectivity index is 1.25. The summed E-state index contributed by atoms with van der Waals surface area (Å²) in [5.41, 5.74) is 0.222. The average molecular weight is 467 g/mol. The highest BCUT2D eigenvalue weighted by Gasteiger charge is 2.30. The van der Waals surface area contributed by atoms with E-state index in [2.05, 4.69) is 35.4 Å². The second-order valence-corrected chi connectivity index (χ2v) is 7.73. The van der Waals surface area contributed by atoms with E-state index < -0.39 is 11.7 Å². The molecule has 2 N–H and O–H groups in total. The Morgan fingerprint density at radius 2 is 1.76 bits per heavy atom. The molecule has 2 aromatic carbocycles. The van der Waals surface area contributed by atoms with E-state index in [0.29, 0.717) is 23.4 Å². The summed E-state index contributed by atoms with van der Waals surface area (Å²) in [5, 5.41) is 9.60. The maximum atomic E-state index is 12.9. The number of hydrogen-bond donors (Lipinski definition) is 2. The number of aromatic nitrogens is 5. The first-order chi connectivity index (χ1) is 16.4. The molecule has 0 aliphatic carbocycles. The van der Waals surface area contributed by atoms with Crippen LogP contribution in [-0.4, -0.2) is 38.2 Å². The van der Waals surface area contributed by atoms with E-state index in [1.807, 2.05) is 0 Å². The van der Waals surface area contributed by atoms with Crippen LogP contribution in [0.5, 0.6) is 11.6 Å². The fourth-order valence-corrected chi connectivity index (χ4v) is 3.61. The Labute approximate surface area is 192 Å². The minimum absolute atomic E-state index is 0.157. The smallest absolute Gasteiger partial charge is 0.416 e. The molecule has 0 amide bonds. The lowest BCUT2D eigenvalue weighted by Gasteiger charge is -2.15. The number of ether oxygens (including phenoxy) is 1. The van der Waals surface area contributed by atoms with Crippen molar-refractivity contribution in [3.8, 4) is 23.0 Å². The number of benzene rings is 2. The summed E-state index contributed by atoms with van der Waals surface area (Å²) >= 11 is 0. The summed E-state index contributed by atoms with van der Waals surface area (Å²) in [7, 11) is 0. The number of nitrogens with zero attached hydrogens (tertiary/aromatic N) is 5. The second-order valence-electron chi connectivity index (χ2n) is 7.73. The second kappa shape index (κ2) is 9.00. The van der Waals surface area contributed by atoms with Crippen molar-refractivity contribution in [1.82, 2.24) is 25.1 Å². The molecule has 34 heavy (non-hydrogen) atoms. The van der Waals surface area contributed by atoms with Gasteiger partial charge in [-0.05, 0) is 55.3 Å². The van der Waals surface area contributed by atoms with Gasteiger partial charge in [0.2, 0.25) is 17.8 Å². The molecule has 1 fully saturated rings. The number of H-pyrrole nitrogens is 1. The molecule has 0 saturated carbocycles. The van der Waals surface area contributed by atoms with Gasteiger partial charge >= 0.3 is 6.18 Å². The largest absolute Gasteiger partial charge is 0.439 e. The number of aromatic amines is 1. The topological polar surface area (TPSA) is 91.8 Å². The Kier molecular flexibility index (Phi) is 5.74. The van der Waals surface area contributed by atoms with Crippen LogP contribution in [0, 0.1) is 0 Å². The van der Waals surface area contributed by atoms with E-state index in [0.717, 1.165) is 43.6 Å². The highest BCUT2D eigenvalue weighted by atomic mass is 19.4. The van der Waals surface area contributed by atoms with Crippen molar-refractivity contribution >= 4 is 17.6 Å². The van der Waals surface area contributed by atoms with Gasteiger partial charge in [0.1, 0.15) is 5.75 Å². The number of rotatable bonds is 6. The van der Waals surface area contributed by atoms with Gasteiger partial charge in [0.25, 0.3) is 0 Å². The molecule has 174 valence electrons. The third kappa shape index (κ3) is 4.92. The van der Waals surface area contributed by atoms with Crippen molar-refractivity contribution in [2.45, 2.75) is 19.0 Å². The van der Waals surface area contributed by atoms with Crippen LogP contribution in [0.4, 0.5) is 30.8 Å². The number of nitrogens with one attached hydrogen (secondary N) is 2. The van der Waals surface area contributed by atoms with Crippen LogP contribution in [0.2, 0.25) is 0 Å². The number of halogens is 3. The SMILES string of the molecule is FC(F)(F)c1cccc(Nc2n[nH]c(-c3ccc(Oc4ccnc(N5CCCC5)n4)cc3)n2)c1. The fourth-order valence-electron chi connectivity index (χ4n) is 3.61. The van der Waals surface area contributed by atoms with Crippen molar-refractivity contribution in [3.63, 3.8) is 0 Å². The molecule has 0 atom stereocenters. The van der Waals surface area contributed by atoms with Gasteiger partial charge in [0, 0.05) is 36.6 Å². The van der Waals surface area contributed by atoms with Gasteiger partial charge in [-0.3, -0.25) is 5.10 Å². The van der Waals surface area contributed by atoms with Gasteiger partial charge in [-0.25, -0.2) is 4.98 Å². The number of anilines is 3. The predicted molar refractivity (Wildman–Crippen MR) is 120 cm³/mol. The third-order valence-electron chi connectivity index (χ3n) is 5.29. The quantitative estimate of drug-likeness (QED) is 0.391. The van der Waals surface area contributed by atoms with Gasteiger partial charge in [0.05, 0.1) is 5.56 Å². The Morgan fingerprint density at radius 1 is 0.971 bits per heavy atom. The van der Waals surface area contributed by atoms with E-state index in [-0.39, 0.29) is 11.6 Å². The predicted octanol–water partition coefficient (Wildman–Crippen LogP) is 5.42. The van der Waals surface area contributed by atoms with Crippen molar-refractivity contribution in [1.29, 1.82) is 0 Å². The molecular formula is C23H20F3N7O. The monoisotopic (exact) mass is 467 g/mol. The molecule has 0 bridgehead atoms. The summed E-state index contributed by atoms with van der Waals surface area (Å²) in [5.74, 6) is 2.33. The third-order valence-corrected chi connectivity index (χ3v) is 5.29. The highest BCUT2D eigenvalue weighted by molar-refractivity contribution is 5.60. The van der Waals surface area contributed by atoms with Crippen LogP contribution in [0.1, 0.15) is 18.4 Å². The van der Waals surface area contributed by atoms with E-state index in [1.165, 1.54) is 12.1 Å². The summed E-state index contributed by atoms with van der Waals surface area (Å²) in [6, 6.07) is 13.7. The standard InChI is InChI=1S/C23H20F3N7O/c24-23(25,26)16-4-3-5-17(14-16)28-21-30-20(31-32-21)15-6-8-18(9-7-15)34-19-10-11-27-22(29-19)33-12-1-2-13-33/h3-11,14H,1-2,12-13H2,(H2,28,30,31,32). The lowest BCUT2D eigenvalue weighted by atomic mass is 10.2. The van der Waals surface area contributed by atoms with E-state index >= 15 is 0 Å². The first-order valence-electron chi connectivity index (χ1n) is 10.7. The summed E-state index contributed by atoms with van der Waals surface area (Å²) < 4.78 is 44.6. The number of hydrogen-bond acceptors (Lipinski definition) is 7. The van der Waals surface area contributed by atoms with Crippen molar-refractivity contribution in [2.24, 2.45) is 0 Å². The Morgan fingerprint density at radius 3 is 2.53 bits per heavy atom. The molecule has 8 nitrogen and oxygen atoms in total. The Hall–Kier alpha value is -4.15. The molecule has 4 aromatic rings. The molecular weight excluding hydrogens is 447 g/mol. The van der Waals surface area contributed by atoms with Gasteiger partial charge in [-0.1, -0.05) is 6.07 Å². The van der Waals surface area contributed by atoms with Gasteiger partial charge in [0.15, 0.2) is 5.82 Å². The first kappa shape index (κ1) is 21.7. The maximum absolute atomic E-state index is 12.9. The highest BCUT2D eigenvalue weighted by Crippen LogP contribution is 2.31. The average Bonchev–Trinajstić information content (AvgIpc) is 3.52. The lowest BCUT2D eigenvalue weighted by Crippen LogP contribution is -2.20. The molecule has 0 unspecified atom stereocenters. The molecule has 3 heterocycles. The molecule has 1 aliphatic rings. The summed E-state index contributed by atoms with van der Waals surface area (Å²) in [6.07, 6.45) is -0.478. The van der Waals surface area contributed by atoms with Gasteiger partial charge in [-0.2, -0.15) is 23.1 Å². The molecule has 1 aliphatic heterocycles. The zero-order chi connectivity index (χ0) is 23.5. The van der Waals surface area contributed by atoms with Crippen LogP contribution in [0.15, 0.2) is 60.8 Å². The van der Waals surface area contributed by atoms with Crippen LogP contribution in [0.25, 0.3) is 11.4 Å². The molecule has 0 radical (unpaired) electrons. The van der Waals surface area contributed by atoms with Gasteiger partial charge in [-0.15, -0.1) is 5.10 Å². The lowest BCUT2D eigenvalue weighted by molar-refractivity contribution is -0.137. The normalized spacial score (nSPS) is 13.8. The molecule has 0 spiro atoms. The summed E-state index contributed by atoms with van der Waals surface area (Å²) in [4.78, 5) is 15.2. The molecule has 11 heteroatoms. The zero-order valence-electron chi connectivity index (χ0n) is 17.9. The van der Waals surface area contributed by atoms with Crippen molar-refractivity contribution in [2.75, 3.05) is 23.3 Å². The van der Waals surface area contributed by atoms with E-state index in [9.17, 15) is 13.2 Å². The Bertz CT molecular complexity index is 1270. The van der Waals surface area contributed by atoms with Crippen LogP contribution in [0.3, 0.4) is 0 Å².